The first-order valence-corrected chi connectivity index (χ1v) is 8.88. The van der Waals surface area contributed by atoms with E-state index in [-0.39, 0.29) is 16.2 Å². The molecule has 0 aliphatic rings. The molecule has 1 aromatic heterocycles. The highest BCUT2D eigenvalue weighted by atomic mass is 35.5. The number of hydrogen-bond donors (Lipinski definition) is 2. The van der Waals surface area contributed by atoms with Gasteiger partial charge in [0.1, 0.15) is 11.3 Å². The van der Waals surface area contributed by atoms with Gasteiger partial charge in [0.25, 0.3) is 0 Å². The molecule has 2 N–H and O–H groups in total. The lowest BCUT2D eigenvalue weighted by Crippen LogP contribution is -2.10. The molecular formula is C20H19Cl2N3O. The van der Waals surface area contributed by atoms with Crippen LogP contribution in [0.15, 0.2) is 47.6 Å². The van der Waals surface area contributed by atoms with E-state index < -0.39 is 0 Å². The van der Waals surface area contributed by atoms with Crippen molar-refractivity contribution in [3.05, 3.63) is 63.6 Å². The van der Waals surface area contributed by atoms with Crippen LogP contribution in [-0.4, -0.2) is 16.3 Å². The average Bonchev–Trinajstić information content (AvgIpc) is 2.59. The third kappa shape index (κ3) is 3.92. The van der Waals surface area contributed by atoms with Crippen LogP contribution in [0.3, 0.4) is 0 Å². The summed E-state index contributed by atoms with van der Waals surface area (Å²) in [5, 5.41) is 15.5. The number of phenolic OH excluding ortho intramolecular Hbond substituents is 1. The number of aromatic nitrogens is 1. The minimum Gasteiger partial charge on any atom is -0.504 e. The predicted molar refractivity (Wildman–Crippen MR) is 110 cm³/mol. The Kier molecular flexibility index (Phi) is 5.08. The molecule has 0 radical (unpaired) electrons. The van der Waals surface area contributed by atoms with E-state index in [2.05, 4.69) is 48.4 Å². The molecule has 6 heteroatoms. The van der Waals surface area contributed by atoms with Crippen molar-refractivity contribution in [2.24, 2.45) is 5.10 Å². The predicted octanol–water partition coefficient (Wildman–Crippen LogP) is 5.99. The van der Waals surface area contributed by atoms with E-state index in [0.717, 1.165) is 5.56 Å². The number of hydrogen-bond acceptors (Lipinski definition) is 4. The second-order valence-electron chi connectivity index (χ2n) is 7.02. The number of nitrogens with zero attached hydrogens (tertiary/aromatic N) is 2. The van der Waals surface area contributed by atoms with Crippen LogP contribution in [-0.2, 0) is 5.41 Å². The molecule has 0 unspecified atom stereocenters. The highest BCUT2D eigenvalue weighted by Gasteiger charge is 2.13. The molecule has 2 aromatic carbocycles. The van der Waals surface area contributed by atoms with Gasteiger partial charge in [-0.05, 0) is 34.7 Å². The normalized spacial score (nSPS) is 12.0. The molecule has 0 spiro atoms. The minimum absolute atomic E-state index is 0.100. The lowest BCUT2D eigenvalue weighted by molar-refractivity contribution is 0.480. The summed E-state index contributed by atoms with van der Waals surface area (Å²) < 4.78 is 0. The zero-order chi connectivity index (χ0) is 18.9. The Hall–Kier alpha value is -2.30. The maximum absolute atomic E-state index is 10.1. The Morgan fingerprint density at radius 2 is 1.73 bits per heavy atom. The summed E-state index contributed by atoms with van der Waals surface area (Å²) in [6.45, 7) is 6.53. The van der Waals surface area contributed by atoms with E-state index in [9.17, 15) is 5.11 Å². The molecule has 0 aliphatic carbocycles. The van der Waals surface area contributed by atoms with Crippen LogP contribution in [0.25, 0.3) is 10.9 Å². The van der Waals surface area contributed by atoms with E-state index in [1.807, 2.05) is 12.1 Å². The van der Waals surface area contributed by atoms with Gasteiger partial charge in [0.2, 0.25) is 0 Å². The van der Waals surface area contributed by atoms with Gasteiger partial charge in [0.05, 0.1) is 16.3 Å². The van der Waals surface area contributed by atoms with Crippen molar-refractivity contribution in [2.45, 2.75) is 26.2 Å². The van der Waals surface area contributed by atoms with Gasteiger partial charge in [-0.15, -0.1) is 0 Å². The summed E-state index contributed by atoms with van der Waals surface area (Å²) in [6, 6.07) is 13.2. The van der Waals surface area contributed by atoms with Crippen LogP contribution in [0.5, 0.6) is 5.75 Å². The number of pyridine rings is 1. The van der Waals surface area contributed by atoms with Gasteiger partial charge in [0, 0.05) is 5.39 Å². The summed E-state index contributed by atoms with van der Waals surface area (Å²) in [7, 11) is 0. The Balaban J connectivity index is 1.79. The molecule has 0 aliphatic heterocycles. The lowest BCUT2D eigenvalue weighted by Gasteiger charge is -2.18. The number of fused-ring (bicyclic) bond motifs is 1. The number of hydrazone groups is 1. The molecule has 134 valence electrons. The van der Waals surface area contributed by atoms with Crippen molar-refractivity contribution in [3.63, 3.8) is 0 Å². The summed E-state index contributed by atoms with van der Waals surface area (Å²) in [4.78, 5) is 4.33. The average molecular weight is 388 g/mol. The standard InChI is InChI=1S/C20H19Cl2N3O/c1-20(2,3)13-6-4-12(5-7-13)11-23-25-17-9-8-14-15(21)10-16(22)19(26)18(14)24-17/h4-11,26H,1-3H3,(H,24,25). The highest BCUT2D eigenvalue weighted by Crippen LogP contribution is 2.36. The van der Waals surface area contributed by atoms with Crippen molar-refractivity contribution in [1.29, 1.82) is 0 Å². The molecule has 0 amide bonds. The second-order valence-corrected chi connectivity index (χ2v) is 7.84. The van der Waals surface area contributed by atoms with Crippen molar-refractivity contribution in [1.82, 2.24) is 4.98 Å². The molecule has 0 saturated heterocycles. The number of phenols is 1. The number of rotatable bonds is 3. The quantitative estimate of drug-likeness (QED) is 0.428. The van der Waals surface area contributed by atoms with Gasteiger partial charge < -0.3 is 5.11 Å². The maximum Gasteiger partial charge on any atom is 0.160 e. The Bertz CT molecular complexity index is 977. The van der Waals surface area contributed by atoms with Gasteiger partial charge >= 0.3 is 0 Å². The molecule has 0 bridgehead atoms. The van der Waals surface area contributed by atoms with E-state index >= 15 is 0 Å². The van der Waals surface area contributed by atoms with Gasteiger partial charge in [-0.25, -0.2) is 4.98 Å². The van der Waals surface area contributed by atoms with Crippen LogP contribution in [0.2, 0.25) is 10.0 Å². The Morgan fingerprint density at radius 1 is 1.04 bits per heavy atom. The zero-order valence-corrected chi connectivity index (χ0v) is 16.2. The number of nitrogens with one attached hydrogen (secondary N) is 1. The van der Waals surface area contributed by atoms with E-state index in [4.69, 9.17) is 23.2 Å². The SMILES string of the molecule is CC(C)(C)c1ccc(C=NNc2ccc3c(Cl)cc(Cl)c(O)c3n2)cc1. The smallest absolute Gasteiger partial charge is 0.160 e. The molecule has 4 nitrogen and oxygen atoms in total. The Morgan fingerprint density at radius 3 is 2.38 bits per heavy atom. The van der Waals surface area contributed by atoms with Crippen LogP contribution in [0.1, 0.15) is 31.9 Å². The van der Waals surface area contributed by atoms with E-state index in [1.165, 1.54) is 11.6 Å². The number of halogens is 2. The molecule has 0 saturated carbocycles. The third-order valence-electron chi connectivity index (χ3n) is 4.03. The van der Waals surface area contributed by atoms with Crippen molar-refractivity contribution >= 4 is 46.1 Å². The molecule has 26 heavy (non-hydrogen) atoms. The molecule has 3 aromatic rings. The zero-order valence-electron chi connectivity index (χ0n) is 14.7. The van der Waals surface area contributed by atoms with Gasteiger partial charge in [0.15, 0.2) is 5.75 Å². The highest BCUT2D eigenvalue weighted by molar-refractivity contribution is 6.39. The van der Waals surface area contributed by atoms with Crippen LogP contribution in [0.4, 0.5) is 5.82 Å². The van der Waals surface area contributed by atoms with E-state index in [1.54, 1.807) is 18.3 Å². The lowest BCUT2D eigenvalue weighted by atomic mass is 9.87. The molecule has 0 fully saturated rings. The van der Waals surface area contributed by atoms with Gasteiger partial charge in [-0.2, -0.15) is 5.10 Å². The molecular weight excluding hydrogens is 369 g/mol. The summed E-state index contributed by atoms with van der Waals surface area (Å²) >= 11 is 12.1. The second kappa shape index (κ2) is 7.14. The maximum atomic E-state index is 10.1. The summed E-state index contributed by atoms with van der Waals surface area (Å²) in [5.74, 6) is 0.380. The number of anilines is 1. The fourth-order valence-electron chi connectivity index (χ4n) is 2.51. The van der Waals surface area contributed by atoms with E-state index in [0.29, 0.717) is 21.7 Å². The van der Waals surface area contributed by atoms with Crippen molar-refractivity contribution < 1.29 is 5.11 Å². The Labute approximate surface area is 162 Å². The largest absolute Gasteiger partial charge is 0.504 e. The topological polar surface area (TPSA) is 57.5 Å². The molecule has 0 atom stereocenters. The van der Waals surface area contributed by atoms with Crippen molar-refractivity contribution in [2.75, 3.05) is 5.43 Å². The number of benzene rings is 2. The molecule has 1 heterocycles. The first-order chi connectivity index (χ1) is 12.3. The van der Waals surface area contributed by atoms with Gasteiger partial charge in [-0.3, -0.25) is 5.43 Å². The first kappa shape index (κ1) is 18.5. The number of aromatic hydroxyl groups is 1. The van der Waals surface area contributed by atoms with Crippen LogP contribution >= 0.6 is 23.2 Å². The molecule has 3 rings (SSSR count). The minimum atomic E-state index is -0.100. The monoisotopic (exact) mass is 387 g/mol. The fourth-order valence-corrected chi connectivity index (χ4v) is 3.02. The van der Waals surface area contributed by atoms with Crippen molar-refractivity contribution in [3.8, 4) is 5.75 Å². The fraction of sp³-hybridized carbons (Fsp3) is 0.200. The summed E-state index contributed by atoms with van der Waals surface area (Å²) in [5.41, 5.74) is 5.55. The van der Waals surface area contributed by atoms with Crippen LogP contribution in [0, 0.1) is 0 Å². The summed E-state index contributed by atoms with van der Waals surface area (Å²) in [6.07, 6.45) is 1.71. The third-order valence-corrected chi connectivity index (χ3v) is 4.63. The van der Waals surface area contributed by atoms with Gasteiger partial charge in [-0.1, -0.05) is 68.2 Å². The van der Waals surface area contributed by atoms with Crippen LogP contribution < -0.4 is 5.43 Å². The first-order valence-electron chi connectivity index (χ1n) is 8.13.